The molecule has 0 saturated carbocycles. The Morgan fingerprint density at radius 2 is 1.62 bits per heavy atom. The van der Waals surface area contributed by atoms with Crippen LogP contribution in [0.5, 0.6) is 0 Å². The monoisotopic (exact) mass is 388 g/mol. The number of hydrogen-bond acceptors (Lipinski definition) is 3. The summed E-state index contributed by atoms with van der Waals surface area (Å²) in [5.74, 6) is -0.744. The molecule has 1 aliphatic heterocycles. The van der Waals surface area contributed by atoms with Crippen LogP contribution in [0.1, 0.15) is 5.56 Å². The average molecular weight is 389 g/mol. The van der Waals surface area contributed by atoms with E-state index in [1.807, 2.05) is 42.5 Å². The smallest absolute Gasteiger partial charge is 0.321 e. The van der Waals surface area contributed by atoms with E-state index in [0.717, 1.165) is 36.2 Å². The third-order valence-corrected chi connectivity index (χ3v) is 5.03. The Hall–Kier alpha value is -1.85. The van der Waals surface area contributed by atoms with Crippen molar-refractivity contribution in [2.24, 2.45) is 0 Å². The van der Waals surface area contributed by atoms with Crippen LogP contribution in [-0.4, -0.2) is 48.2 Å². The molecule has 1 N–H and O–H groups in total. The number of aliphatic carboxylic acids is 1. The molecule has 1 aliphatic rings. The Labute approximate surface area is 150 Å². The number of anilines is 1. The molecule has 5 heteroatoms. The number of rotatable bonds is 5. The van der Waals surface area contributed by atoms with E-state index in [4.69, 9.17) is 0 Å². The van der Waals surface area contributed by atoms with Crippen LogP contribution in [0.3, 0.4) is 0 Å². The maximum atomic E-state index is 11.8. The molecule has 1 heterocycles. The summed E-state index contributed by atoms with van der Waals surface area (Å²) in [7, 11) is 0. The maximum Gasteiger partial charge on any atom is 0.321 e. The number of carbonyl (C=O) groups is 1. The van der Waals surface area contributed by atoms with E-state index in [-0.39, 0.29) is 0 Å². The normalized spacial score (nSPS) is 16.8. The summed E-state index contributed by atoms with van der Waals surface area (Å²) < 4.78 is 1.01. The minimum absolute atomic E-state index is 0.468. The van der Waals surface area contributed by atoms with Crippen LogP contribution in [0.4, 0.5) is 5.69 Å². The highest BCUT2D eigenvalue weighted by Crippen LogP contribution is 2.19. The molecule has 0 unspecified atom stereocenters. The van der Waals surface area contributed by atoms with E-state index < -0.39 is 12.0 Å². The highest BCUT2D eigenvalue weighted by atomic mass is 79.9. The van der Waals surface area contributed by atoms with Gasteiger partial charge < -0.3 is 10.0 Å². The van der Waals surface area contributed by atoms with Crippen LogP contribution in [0.15, 0.2) is 59.1 Å². The molecule has 126 valence electrons. The van der Waals surface area contributed by atoms with Crippen LogP contribution in [-0.2, 0) is 11.2 Å². The molecule has 0 amide bonds. The predicted octanol–water partition coefficient (Wildman–Crippen LogP) is 3.27. The van der Waals surface area contributed by atoms with Crippen molar-refractivity contribution in [3.05, 3.63) is 64.6 Å². The summed E-state index contributed by atoms with van der Waals surface area (Å²) in [5.41, 5.74) is 2.26. The first-order valence-corrected chi connectivity index (χ1v) is 8.94. The van der Waals surface area contributed by atoms with E-state index in [2.05, 4.69) is 37.9 Å². The molecule has 2 aromatic carbocycles. The molecule has 0 bridgehead atoms. The fourth-order valence-electron chi connectivity index (χ4n) is 3.15. The zero-order valence-electron chi connectivity index (χ0n) is 13.4. The van der Waals surface area contributed by atoms with Gasteiger partial charge in [0.15, 0.2) is 0 Å². The molecule has 4 nitrogen and oxygen atoms in total. The third-order valence-electron chi connectivity index (χ3n) is 4.50. The van der Waals surface area contributed by atoms with Crippen LogP contribution in [0, 0.1) is 0 Å². The fourth-order valence-corrected chi connectivity index (χ4v) is 3.41. The minimum atomic E-state index is -0.744. The van der Waals surface area contributed by atoms with Gasteiger partial charge >= 0.3 is 5.97 Å². The number of halogens is 1. The molecule has 1 fully saturated rings. The van der Waals surface area contributed by atoms with Crippen molar-refractivity contribution in [2.75, 3.05) is 31.1 Å². The lowest BCUT2D eigenvalue weighted by Crippen LogP contribution is -2.53. The molecule has 24 heavy (non-hydrogen) atoms. The summed E-state index contributed by atoms with van der Waals surface area (Å²) >= 11 is 3.41. The van der Waals surface area contributed by atoms with Gasteiger partial charge in [0.2, 0.25) is 0 Å². The molecule has 0 radical (unpaired) electrons. The highest BCUT2D eigenvalue weighted by Gasteiger charge is 2.29. The van der Waals surface area contributed by atoms with Gasteiger partial charge in [-0.25, -0.2) is 0 Å². The Kier molecular flexibility index (Phi) is 5.53. The van der Waals surface area contributed by atoms with Crippen molar-refractivity contribution in [3.63, 3.8) is 0 Å². The van der Waals surface area contributed by atoms with E-state index in [1.165, 1.54) is 5.69 Å². The number of benzene rings is 2. The molecular formula is C19H21BrN2O2. The standard InChI is InChI=1S/C19H21BrN2O2/c20-16-8-6-15(7-9-16)14-18(19(23)24)22-12-10-21(11-13-22)17-4-2-1-3-5-17/h1-9,18H,10-14H2,(H,23,24)/t18-/m0/s1. The van der Waals surface area contributed by atoms with Crippen molar-refractivity contribution < 1.29 is 9.90 Å². The zero-order valence-corrected chi connectivity index (χ0v) is 15.0. The first-order valence-electron chi connectivity index (χ1n) is 8.15. The van der Waals surface area contributed by atoms with Crippen LogP contribution in [0.2, 0.25) is 0 Å². The van der Waals surface area contributed by atoms with Crippen molar-refractivity contribution in [1.82, 2.24) is 4.90 Å². The molecule has 3 rings (SSSR count). The van der Waals surface area contributed by atoms with Gasteiger partial charge in [0.1, 0.15) is 6.04 Å². The Morgan fingerprint density at radius 3 is 2.21 bits per heavy atom. The van der Waals surface area contributed by atoms with Crippen LogP contribution in [0.25, 0.3) is 0 Å². The molecule has 1 atom stereocenters. The van der Waals surface area contributed by atoms with Gasteiger partial charge in [-0.1, -0.05) is 46.3 Å². The number of carboxylic acids is 1. The Morgan fingerprint density at radius 1 is 1.00 bits per heavy atom. The lowest BCUT2D eigenvalue weighted by Gasteiger charge is -2.38. The van der Waals surface area contributed by atoms with Gasteiger partial charge in [-0.3, -0.25) is 9.69 Å². The summed E-state index contributed by atoms with van der Waals surface area (Å²) in [5, 5.41) is 9.66. The van der Waals surface area contributed by atoms with E-state index in [1.54, 1.807) is 0 Å². The molecule has 1 saturated heterocycles. The number of hydrogen-bond donors (Lipinski definition) is 1. The van der Waals surface area contributed by atoms with Crippen LogP contribution < -0.4 is 4.90 Å². The van der Waals surface area contributed by atoms with Crippen molar-refractivity contribution in [2.45, 2.75) is 12.5 Å². The lowest BCUT2D eigenvalue weighted by atomic mass is 10.0. The Bertz CT molecular complexity index is 668. The quantitative estimate of drug-likeness (QED) is 0.853. The first kappa shape index (κ1) is 17.0. The number of para-hydroxylation sites is 1. The second-order valence-electron chi connectivity index (χ2n) is 6.04. The van der Waals surface area contributed by atoms with Gasteiger partial charge in [0.25, 0.3) is 0 Å². The second-order valence-corrected chi connectivity index (χ2v) is 6.96. The van der Waals surface area contributed by atoms with E-state index >= 15 is 0 Å². The zero-order chi connectivity index (χ0) is 16.9. The molecule has 0 aliphatic carbocycles. The average Bonchev–Trinajstić information content (AvgIpc) is 2.62. The van der Waals surface area contributed by atoms with Gasteiger partial charge in [-0.2, -0.15) is 0 Å². The summed E-state index contributed by atoms with van der Waals surface area (Å²) in [6.45, 7) is 3.24. The molecule has 0 aromatic heterocycles. The topological polar surface area (TPSA) is 43.8 Å². The van der Waals surface area contributed by atoms with Gasteiger partial charge in [-0.05, 0) is 36.2 Å². The SMILES string of the molecule is O=C(O)[C@H](Cc1ccc(Br)cc1)N1CCN(c2ccccc2)CC1. The lowest BCUT2D eigenvalue weighted by molar-refractivity contribution is -0.143. The first-order chi connectivity index (χ1) is 11.6. The fraction of sp³-hybridized carbons (Fsp3) is 0.316. The van der Waals surface area contributed by atoms with E-state index in [9.17, 15) is 9.90 Å². The van der Waals surface area contributed by atoms with Crippen molar-refractivity contribution in [1.29, 1.82) is 0 Å². The van der Waals surface area contributed by atoms with Gasteiger partial charge in [0, 0.05) is 36.3 Å². The minimum Gasteiger partial charge on any atom is -0.480 e. The molecule has 0 spiro atoms. The maximum absolute atomic E-state index is 11.8. The third kappa shape index (κ3) is 4.16. The van der Waals surface area contributed by atoms with Crippen molar-refractivity contribution in [3.8, 4) is 0 Å². The number of carboxylic acid groups (broad SMARTS) is 1. The summed E-state index contributed by atoms with van der Waals surface area (Å²) in [6, 6.07) is 17.7. The van der Waals surface area contributed by atoms with Crippen molar-refractivity contribution >= 4 is 27.6 Å². The summed E-state index contributed by atoms with van der Waals surface area (Å²) in [4.78, 5) is 16.2. The van der Waals surface area contributed by atoms with Gasteiger partial charge in [0.05, 0.1) is 0 Å². The van der Waals surface area contributed by atoms with Crippen LogP contribution >= 0.6 is 15.9 Å². The summed E-state index contributed by atoms with van der Waals surface area (Å²) in [6.07, 6.45) is 0.536. The largest absolute Gasteiger partial charge is 0.480 e. The second kappa shape index (κ2) is 7.81. The molecular weight excluding hydrogens is 368 g/mol. The Balaban J connectivity index is 1.63. The predicted molar refractivity (Wildman–Crippen MR) is 99.5 cm³/mol. The number of nitrogens with zero attached hydrogens (tertiary/aromatic N) is 2. The van der Waals surface area contributed by atoms with E-state index in [0.29, 0.717) is 6.42 Å². The molecule has 2 aromatic rings. The number of piperazine rings is 1. The van der Waals surface area contributed by atoms with Gasteiger partial charge in [-0.15, -0.1) is 0 Å². The highest BCUT2D eigenvalue weighted by molar-refractivity contribution is 9.10.